The van der Waals surface area contributed by atoms with Crippen LogP contribution in [0.15, 0.2) is 24.3 Å². The van der Waals surface area contributed by atoms with E-state index < -0.39 is 5.92 Å². The normalized spacial score (nSPS) is 14.9. The van der Waals surface area contributed by atoms with E-state index in [2.05, 4.69) is 6.92 Å². The Morgan fingerprint density at radius 2 is 1.33 bits per heavy atom. The fourth-order valence-corrected chi connectivity index (χ4v) is 5.20. The molecule has 0 radical (unpaired) electrons. The smallest absolute Gasteiger partial charge is 0.323 e. The number of aryl methyl sites for hydroxylation is 2. The molecule has 3 nitrogen and oxygen atoms in total. The van der Waals surface area contributed by atoms with Gasteiger partial charge in [0, 0.05) is 11.1 Å². The van der Waals surface area contributed by atoms with Gasteiger partial charge < -0.3 is 9.47 Å². The van der Waals surface area contributed by atoms with Crippen molar-refractivity contribution >= 4 is 29.2 Å². The first-order chi connectivity index (χ1) is 15.9. The van der Waals surface area contributed by atoms with Gasteiger partial charge in [-0.05, 0) is 43.5 Å². The fourth-order valence-electron chi connectivity index (χ4n) is 4.55. The van der Waals surface area contributed by atoms with Crippen LogP contribution in [0.4, 0.5) is 0 Å². The van der Waals surface area contributed by atoms with Crippen molar-refractivity contribution in [2.75, 3.05) is 6.61 Å². The van der Waals surface area contributed by atoms with Gasteiger partial charge in [0.1, 0.15) is 11.7 Å². The Kier molecular flexibility index (Phi) is 9.94. The number of benzene rings is 2. The minimum atomic E-state index is -0.586. The molecule has 1 atom stereocenters. The highest BCUT2D eigenvalue weighted by Crippen LogP contribution is 2.47. The number of esters is 1. The van der Waals surface area contributed by atoms with Crippen LogP contribution >= 0.6 is 23.2 Å². The molecule has 0 saturated carbocycles. The Labute approximate surface area is 208 Å². The van der Waals surface area contributed by atoms with Gasteiger partial charge in [0.25, 0.3) is 0 Å². The maximum absolute atomic E-state index is 12.9. The Bertz CT molecular complexity index is 955. The summed E-state index contributed by atoms with van der Waals surface area (Å²) in [6.07, 6.45) is 12.7. The number of carbonyl (C=O) groups excluding carboxylic acids is 1. The Hall–Kier alpha value is -1.71. The molecule has 180 valence electrons. The zero-order valence-corrected chi connectivity index (χ0v) is 21.7. The van der Waals surface area contributed by atoms with Crippen molar-refractivity contribution in [1.82, 2.24) is 0 Å². The van der Waals surface area contributed by atoms with Gasteiger partial charge >= 0.3 is 5.97 Å². The highest BCUT2D eigenvalue weighted by Gasteiger charge is 2.38. The highest BCUT2D eigenvalue weighted by atomic mass is 35.5. The second-order valence-electron chi connectivity index (χ2n) is 9.21. The van der Waals surface area contributed by atoms with Crippen LogP contribution in [0.2, 0.25) is 10.0 Å². The fraction of sp³-hybridized carbons (Fsp3) is 0.536. The summed E-state index contributed by atoms with van der Waals surface area (Å²) in [7, 11) is 0. The van der Waals surface area contributed by atoms with E-state index in [9.17, 15) is 4.79 Å². The topological polar surface area (TPSA) is 35.5 Å². The van der Waals surface area contributed by atoms with Gasteiger partial charge in [-0.25, -0.2) is 0 Å². The lowest BCUT2D eigenvalue weighted by atomic mass is 9.90. The molecule has 0 aliphatic carbocycles. The predicted molar refractivity (Wildman–Crippen MR) is 137 cm³/mol. The summed E-state index contributed by atoms with van der Waals surface area (Å²) >= 11 is 12.9. The lowest BCUT2D eigenvalue weighted by Crippen LogP contribution is -2.14. The predicted octanol–water partition coefficient (Wildman–Crippen LogP) is 8.96. The van der Waals surface area contributed by atoms with Gasteiger partial charge in [0.05, 0.1) is 16.7 Å². The van der Waals surface area contributed by atoms with Crippen molar-refractivity contribution < 1.29 is 14.3 Å². The summed E-state index contributed by atoms with van der Waals surface area (Å²) in [5.41, 5.74) is 3.47. The van der Waals surface area contributed by atoms with Crippen molar-refractivity contribution in [3.8, 4) is 11.5 Å². The molecule has 3 rings (SSSR count). The molecule has 33 heavy (non-hydrogen) atoms. The summed E-state index contributed by atoms with van der Waals surface area (Å²) in [6, 6.07) is 7.61. The van der Waals surface area contributed by atoms with Gasteiger partial charge in [-0.3, -0.25) is 4.79 Å². The minimum absolute atomic E-state index is 0.344. The number of unbranched alkanes of at least 4 members (excludes halogenated alkanes) is 9. The number of hydrogen-bond acceptors (Lipinski definition) is 3. The summed E-state index contributed by atoms with van der Waals surface area (Å²) < 4.78 is 11.7. The molecule has 1 heterocycles. The molecule has 2 aromatic rings. The van der Waals surface area contributed by atoms with Crippen LogP contribution in [-0.2, 0) is 4.79 Å². The van der Waals surface area contributed by atoms with Gasteiger partial charge in [0.15, 0.2) is 5.75 Å². The second kappa shape index (κ2) is 12.7. The Balaban J connectivity index is 1.60. The molecule has 0 fully saturated rings. The molecule has 0 amide bonds. The average molecular weight is 491 g/mol. The van der Waals surface area contributed by atoms with Crippen molar-refractivity contribution in [1.29, 1.82) is 0 Å². The van der Waals surface area contributed by atoms with Gasteiger partial charge in [0.2, 0.25) is 0 Å². The van der Waals surface area contributed by atoms with Crippen molar-refractivity contribution in [3.63, 3.8) is 0 Å². The molecule has 1 aliphatic heterocycles. The average Bonchev–Trinajstić information content (AvgIpc) is 3.09. The van der Waals surface area contributed by atoms with Crippen molar-refractivity contribution in [2.24, 2.45) is 0 Å². The second-order valence-corrected chi connectivity index (χ2v) is 10.0. The summed E-state index contributed by atoms with van der Waals surface area (Å²) in [5, 5.41) is 0.976. The maximum atomic E-state index is 12.9. The number of ether oxygens (including phenoxy) is 2. The standard InChI is InChI=1S/C28H36Cl2O3/c1-4-5-6-7-8-9-10-11-12-13-14-32-26-21(15-19(2)17-23(26)29)25-22-16-20(3)18-24(30)27(22)33-28(25)31/h15-18,25H,4-14H2,1-3H3. The van der Waals surface area contributed by atoms with Gasteiger partial charge in [-0.15, -0.1) is 0 Å². The molecule has 2 aromatic carbocycles. The molecular weight excluding hydrogens is 455 g/mol. The zero-order valence-electron chi connectivity index (χ0n) is 20.1. The molecule has 1 aliphatic rings. The molecule has 0 saturated heterocycles. The summed E-state index contributed by atoms with van der Waals surface area (Å²) in [5.74, 6) is 0.0848. The molecule has 0 spiro atoms. The first-order valence-corrected chi connectivity index (χ1v) is 13.1. The Morgan fingerprint density at radius 1 is 0.788 bits per heavy atom. The molecule has 0 aromatic heterocycles. The van der Waals surface area contributed by atoms with Crippen LogP contribution in [0, 0.1) is 13.8 Å². The van der Waals surface area contributed by atoms with E-state index >= 15 is 0 Å². The van der Waals surface area contributed by atoms with Crippen LogP contribution in [0.3, 0.4) is 0 Å². The minimum Gasteiger partial charge on any atom is -0.492 e. The van der Waals surface area contributed by atoms with E-state index in [-0.39, 0.29) is 5.97 Å². The first-order valence-electron chi connectivity index (χ1n) is 12.4. The first kappa shape index (κ1) is 25.9. The SMILES string of the molecule is CCCCCCCCCCCCOc1c(Cl)cc(C)cc1C1C(=O)Oc2c(Cl)cc(C)cc21. The summed E-state index contributed by atoms with van der Waals surface area (Å²) in [4.78, 5) is 12.9. The Morgan fingerprint density at radius 3 is 1.97 bits per heavy atom. The zero-order chi connectivity index (χ0) is 23.8. The maximum Gasteiger partial charge on any atom is 0.323 e. The molecule has 1 unspecified atom stereocenters. The van der Waals surface area contributed by atoms with E-state index in [1.807, 2.05) is 38.1 Å². The van der Waals surface area contributed by atoms with Crippen LogP contribution < -0.4 is 9.47 Å². The molecular formula is C28H36Cl2O3. The number of carbonyl (C=O) groups is 1. The number of halogens is 2. The van der Waals surface area contributed by atoms with Crippen LogP contribution in [0.25, 0.3) is 0 Å². The van der Waals surface area contributed by atoms with E-state index in [1.54, 1.807) is 0 Å². The molecule has 0 N–H and O–H groups in total. The van der Waals surface area contributed by atoms with Gasteiger partial charge in [-0.1, -0.05) is 100 Å². The third kappa shape index (κ3) is 6.90. The number of rotatable bonds is 13. The van der Waals surface area contributed by atoms with Crippen LogP contribution in [0.5, 0.6) is 11.5 Å². The van der Waals surface area contributed by atoms with Crippen LogP contribution in [0.1, 0.15) is 99.3 Å². The third-order valence-electron chi connectivity index (χ3n) is 6.24. The lowest BCUT2D eigenvalue weighted by molar-refractivity contribution is -0.133. The van der Waals surface area contributed by atoms with Crippen molar-refractivity contribution in [3.05, 3.63) is 56.6 Å². The number of hydrogen-bond donors (Lipinski definition) is 0. The molecule has 5 heteroatoms. The monoisotopic (exact) mass is 490 g/mol. The highest BCUT2D eigenvalue weighted by molar-refractivity contribution is 6.33. The van der Waals surface area contributed by atoms with E-state index in [0.29, 0.717) is 28.2 Å². The quantitative estimate of drug-likeness (QED) is 0.159. The van der Waals surface area contributed by atoms with E-state index in [1.165, 1.54) is 51.4 Å². The van der Waals surface area contributed by atoms with Crippen molar-refractivity contribution in [2.45, 2.75) is 90.9 Å². The van der Waals surface area contributed by atoms with Crippen LogP contribution in [-0.4, -0.2) is 12.6 Å². The summed E-state index contributed by atoms with van der Waals surface area (Å²) in [6.45, 7) is 6.75. The third-order valence-corrected chi connectivity index (χ3v) is 6.80. The molecule has 0 bridgehead atoms. The van der Waals surface area contributed by atoms with Gasteiger partial charge in [-0.2, -0.15) is 0 Å². The largest absolute Gasteiger partial charge is 0.492 e. The van der Waals surface area contributed by atoms with E-state index in [0.717, 1.165) is 35.1 Å². The number of fused-ring (bicyclic) bond motifs is 1. The lowest BCUT2D eigenvalue weighted by Gasteiger charge is -2.18. The van der Waals surface area contributed by atoms with E-state index in [4.69, 9.17) is 32.7 Å².